The van der Waals surface area contributed by atoms with Crippen LogP contribution in [-0.4, -0.2) is 73.4 Å². The van der Waals surface area contributed by atoms with Gasteiger partial charge in [-0.05, 0) is 38.5 Å². The summed E-state index contributed by atoms with van der Waals surface area (Å²) in [7, 11) is 1.62. The molecule has 3 atom stereocenters. The van der Waals surface area contributed by atoms with Crippen LogP contribution in [0.25, 0.3) is 0 Å². The van der Waals surface area contributed by atoms with Gasteiger partial charge in [-0.15, -0.1) is 0 Å². The van der Waals surface area contributed by atoms with Crippen LogP contribution in [0.3, 0.4) is 0 Å². The van der Waals surface area contributed by atoms with E-state index in [1.54, 1.807) is 0 Å². The van der Waals surface area contributed by atoms with E-state index in [1.807, 2.05) is 21.1 Å². The number of unbranched alkanes of at least 4 members (excludes halogenated alkanes) is 29. The standard InChI is InChI=1S/C47H95N2O6P/c1-6-8-10-12-13-14-15-16-17-18-19-20-21-22-23-24-25-26-27-28-29-30-31-32-33-34-35-37-39-41-47(51)48-45(46(50)40-38-36-11-9-7-2)44-55-56(52,53)54-43-42-49(3,4)5/h18-19,45-46,50H,6-17,20-44H2,1-5H3,(H-,48,51,52,53)/p+1/b19-18-. The maximum Gasteiger partial charge on any atom is 0.472 e. The largest absolute Gasteiger partial charge is 0.472 e. The molecular formula is C47H96N2O6P+. The molecule has 0 saturated heterocycles. The van der Waals surface area contributed by atoms with Crippen molar-refractivity contribution < 1.29 is 32.9 Å². The van der Waals surface area contributed by atoms with Gasteiger partial charge in [-0.3, -0.25) is 13.8 Å². The topological polar surface area (TPSA) is 105 Å². The lowest BCUT2D eigenvalue weighted by Gasteiger charge is -2.26. The van der Waals surface area contributed by atoms with Gasteiger partial charge in [0.1, 0.15) is 13.2 Å². The normalized spacial score (nSPS) is 14.3. The predicted molar refractivity (Wildman–Crippen MR) is 240 cm³/mol. The summed E-state index contributed by atoms with van der Waals surface area (Å²) in [6.07, 6.45) is 46.0. The Balaban J connectivity index is 3.84. The number of carbonyl (C=O) groups excluding carboxylic acids is 1. The number of hydrogen-bond acceptors (Lipinski definition) is 5. The number of phosphoric ester groups is 1. The summed E-state index contributed by atoms with van der Waals surface area (Å²) in [5, 5.41) is 13.8. The van der Waals surface area contributed by atoms with Gasteiger partial charge < -0.3 is 19.8 Å². The van der Waals surface area contributed by atoms with E-state index in [4.69, 9.17) is 9.05 Å². The minimum absolute atomic E-state index is 0.0761. The molecule has 334 valence electrons. The molecule has 0 bridgehead atoms. The Labute approximate surface area is 348 Å². The molecule has 0 aliphatic heterocycles. The molecule has 56 heavy (non-hydrogen) atoms. The summed E-state index contributed by atoms with van der Waals surface area (Å²) in [6.45, 7) is 4.81. The first-order chi connectivity index (χ1) is 27.0. The minimum atomic E-state index is -4.29. The Bertz CT molecular complexity index is 927. The molecule has 8 nitrogen and oxygen atoms in total. The van der Waals surface area contributed by atoms with Gasteiger partial charge >= 0.3 is 7.82 Å². The maximum atomic E-state index is 12.8. The summed E-state index contributed by atoms with van der Waals surface area (Å²) in [5.74, 6) is -0.148. The number of hydrogen-bond donors (Lipinski definition) is 3. The van der Waals surface area contributed by atoms with E-state index < -0.39 is 20.0 Å². The molecule has 0 spiro atoms. The highest BCUT2D eigenvalue weighted by Gasteiger charge is 2.28. The van der Waals surface area contributed by atoms with E-state index in [0.29, 0.717) is 23.9 Å². The number of quaternary nitrogens is 1. The van der Waals surface area contributed by atoms with Crippen LogP contribution in [0.4, 0.5) is 0 Å². The third-order valence-corrected chi connectivity index (χ3v) is 12.0. The summed E-state index contributed by atoms with van der Waals surface area (Å²) < 4.78 is 23.4. The zero-order valence-electron chi connectivity index (χ0n) is 37.9. The molecule has 0 aromatic rings. The van der Waals surface area contributed by atoms with E-state index in [9.17, 15) is 19.4 Å². The van der Waals surface area contributed by atoms with Crippen LogP contribution in [-0.2, 0) is 18.4 Å². The Hall–Kier alpha value is -0.760. The van der Waals surface area contributed by atoms with Crippen LogP contribution < -0.4 is 5.32 Å². The highest BCUT2D eigenvalue weighted by atomic mass is 31.2. The smallest absolute Gasteiger partial charge is 0.391 e. The summed E-state index contributed by atoms with van der Waals surface area (Å²) >= 11 is 0. The number of aliphatic hydroxyl groups is 1. The molecule has 0 aromatic carbocycles. The number of nitrogens with zero attached hydrogens (tertiary/aromatic N) is 1. The molecule has 0 saturated carbocycles. The van der Waals surface area contributed by atoms with Crippen molar-refractivity contribution in [2.75, 3.05) is 40.9 Å². The number of phosphoric acid groups is 1. The fourth-order valence-electron chi connectivity index (χ4n) is 7.16. The van der Waals surface area contributed by atoms with Crippen LogP contribution in [0.1, 0.15) is 232 Å². The average molecular weight is 816 g/mol. The Morgan fingerprint density at radius 3 is 1.38 bits per heavy atom. The van der Waals surface area contributed by atoms with Crippen LogP contribution in [0, 0.1) is 0 Å². The monoisotopic (exact) mass is 816 g/mol. The SMILES string of the molecule is CCCCCCCCCC/C=C\CCCCCCCCCCCCCCCCCCCC(=O)NC(COP(=O)(O)OCC[N+](C)(C)C)C(O)CCCCCCC. The number of nitrogens with one attached hydrogen (secondary N) is 1. The Morgan fingerprint density at radius 1 is 0.589 bits per heavy atom. The second kappa shape index (κ2) is 39.7. The first-order valence-electron chi connectivity index (χ1n) is 24.1. The average Bonchev–Trinajstić information content (AvgIpc) is 3.15. The van der Waals surface area contributed by atoms with Crippen LogP contribution in [0.2, 0.25) is 0 Å². The molecule has 0 aromatic heterocycles. The van der Waals surface area contributed by atoms with E-state index in [1.165, 1.54) is 154 Å². The Morgan fingerprint density at radius 2 is 0.964 bits per heavy atom. The molecule has 1 amide bonds. The Kier molecular flexibility index (Phi) is 39.1. The number of amides is 1. The lowest BCUT2D eigenvalue weighted by atomic mass is 10.0. The maximum absolute atomic E-state index is 12.8. The van der Waals surface area contributed by atoms with Crippen LogP contribution >= 0.6 is 7.82 Å². The predicted octanol–water partition coefficient (Wildman–Crippen LogP) is 13.5. The van der Waals surface area contributed by atoms with E-state index >= 15 is 0 Å². The lowest BCUT2D eigenvalue weighted by molar-refractivity contribution is -0.870. The fourth-order valence-corrected chi connectivity index (χ4v) is 7.89. The molecule has 3 unspecified atom stereocenters. The second-order valence-electron chi connectivity index (χ2n) is 17.8. The zero-order valence-corrected chi connectivity index (χ0v) is 38.8. The summed E-state index contributed by atoms with van der Waals surface area (Å²) in [6, 6.07) is -0.752. The van der Waals surface area contributed by atoms with E-state index in [-0.39, 0.29) is 19.1 Å². The van der Waals surface area contributed by atoms with Gasteiger partial charge in [0.15, 0.2) is 0 Å². The second-order valence-corrected chi connectivity index (χ2v) is 19.3. The van der Waals surface area contributed by atoms with Crippen molar-refractivity contribution in [3.63, 3.8) is 0 Å². The van der Waals surface area contributed by atoms with Crippen molar-refractivity contribution in [1.82, 2.24) is 5.32 Å². The third-order valence-electron chi connectivity index (χ3n) is 11.0. The van der Waals surface area contributed by atoms with Gasteiger partial charge in [0, 0.05) is 6.42 Å². The van der Waals surface area contributed by atoms with Gasteiger partial charge in [-0.25, -0.2) is 4.57 Å². The van der Waals surface area contributed by atoms with Gasteiger partial charge in [-0.1, -0.05) is 199 Å². The van der Waals surface area contributed by atoms with E-state index in [2.05, 4.69) is 31.3 Å². The summed E-state index contributed by atoms with van der Waals surface area (Å²) in [5.41, 5.74) is 0. The van der Waals surface area contributed by atoms with Crippen LogP contribution in [0.15, 0.2) is 12.2 Å². The van der Waals surface area contributed by atoms with Gasteiger partial charge in [0.25, 0.3) is 0 Å². The quantitative estimate of drug-likeness (QED) is 0.0245. The third kappa shape index (κ3) is 41.4. The first-order valence-corrected chi connectivity index (χ1v) is 25.5. The van der Waals surface area contributed by atoms with Crippen molar-refractivity contribution in [2.45, 2.75) is 244 Å². The molecule has 0 aliphatic rings. The number of allylic oxidation sites excluding steroid dienone is 2. The highest BCUT2D eigenvalue weighted by Crippen LogP contribution is 2.43. The van der Waals surface area contributed by atoms with Gasteiger partial charge in [0.2, 0.25) is 5.91 Å². The molecule has 3 N–H and O–H groups in total. The van der Waals surface area contributed by atoms with Crippen molar-refractivity contribution in [3.05, 3.63) is 12.2 Å². The zero-order chi connectivity index (χ0) is 41.4. The molecule has 0 fully saturated rings. The van der Waals surface area contributed by atoms with Gasteiger partial charge in [0.05, 0.1) is 39.9 Å². The highest BCUT2D eigenvalue weighted by molar-refractivity contribution is 7.47. The van der Waals surface area contributed by atoms with Crippen LogP contribution in [0.5, 0.6) is 0 Å². The number of rotatable bonds is 44. The summed E-state index contributed by atoms with van der Waals surface area (Å²) in [4.78, 5) is 23.0. The fraction of sp³-hybridized carbons (Fsp3) is 0.936. The molecule has 9 heteroatoms. The molecule has 0 aliphatic carbocycles. The van der Waals surface area contributed by atoms with E-state index in [0.717, 1.165) is 51.4 Å². The molecule has 0 heterocycles. The first kappa shape index (κ1) is 55.2. The van der Waals surface area contributed by atoms with Crippen molar-refractivity contribution in [2.24, 2.45) is 0 Å². The van der Waals surface area contributed by atoms with Crippen molar-refractivity contribution in [1.29, 1.82) is 0 Å². The molecular weight excluding hydrogens is 719 g/mol. The van der Waals surface area contributed by atoms with Gasteiger partial charge in [-0.2, -0.15) is 0 Å². The minimum Gasteiger partial charge on any atom is -0.391 e. The molecule has 0 rings (SSSR count). The number of likely N-dealkylation sites (N-methyl/N-ethyl adjacent to an activating group) is 1. The lowest BCUT2D eigenvalue weighted by Crippen LogP contribution is -2.46. The number of aliphatic hydroxyl groups excluding tert-OH is 1. The van der Waals surface area contributed by atoms with Crippen molar-refractivity contribution in [3.8, 4) is 0 Å². The van der Waals surface area contributed by atoms with Crippen molar-refractivity contribution >= 4 is 13.7 Å². The number of carbonyl (C=O) groups is 1. The molecule has 0 radical (unpaired) electrons.